The van der Waals surface area contributed by atoms with Crippen LogP contribution in [0.25, 0.3) is 22.4 Å². The first-order chi connectivity index (χ1) is 7.74. The molecule has 0 unspecified atom stereocenters. The molecular formula is C11H7ClN2OS. The first-order valence-electron chi connectivity index (χ1n) is 4.65. The predicted molar refractivity (Wildman–Crippen MR) is 66.1 cm³/mol. The van der Waals surface area contributed by atoms with Crippen molar-refractivity contribution in [2.24, 2.45) is 0 Å². The van der Waals surface area contributed by atoms with Crippen LogP contribution in [0.2, 0.25) is 5.02 Å². The van der Waals surface area contributed by atoms with Crippen LogP contribution in [0, 0.1) is 0 Å². The third-order valence-electron chi connectivity index (χ3n) is 2.36. The summed E-state index contributed by atoms with van der Waals surface area (Å²) in [4.78, 5) is 7.20. The van der Waals surface area contributed by atoms with E-state index in [0.717, 1.165) is 21.5 Å². The molecule has 3 aromatic rings. The average molecular weight is 251 g/mol. The number of oxazole rings is 1. The zero-order valence-corrected chi connectivity index (χ0v) is 9.72. The highest BCUT2D eigenvalue weighted by Crippen LogP contribution is 2.31. The van der Waals surface area contributed by atoms with Gasteiger partial charge in [0.25, 0.3) is 0 Å². The third-order valence-corrected chi connectivity index (χ3v) is 2.91. The maximum absolute atomic E-state index is 6.17. The van der Waals surface area contributed by atoms with Crippen molar-refractivity contribution in [2.75, 3.05) is 0 Å². The van der Waals surface area contributed by atoms with E-state index in [1.54, 1.807) is 6.20 Å². The van der Waals surface area contributed by atoms with Crippen molar-refractivity contribution in [2.45, 2.75) is 5.03 Å². The van der Waals surface area contributed by atoms with Gasteiger partial charge in [-0.05, 0) is 18.2 Å². The van der Waals surface area contributed by atoms with E-state index in [4.69, 9.17) is 16.0 Å². The van der Waals surface area contributed by atoms with Crippen molar-refractivity contribution < 1.29 is 4.42 Å². The third kappa shape index (κ3) is 1.50. The van der Waals surface area contributed by atoms with Gasteiger partial charge in [0.15, 0.2) is 0 Å². The highest BCUT2D eigenvalue weighted by molar-refractivity contribution is 7.80. The molecule has 0 bridgehead atoms. The van der Waals surface area contributed by atoms with Crippen molar-refractivity contribution in [3.63, 3.8) is 0 Å². The number of benzene rings is 1. The molecule has 0 aliphatic carbocycles. The number of fused-ring (bicyclic) bond motifs is 1. The Balaban J connectivity index is 2.29. The van der Waals surface area contributed by atoms with E-state index in [1.807, 2.05) is 18.2 Å². The molecule has 5 heteroatoms. The van der Waals surface area contributed by atoms with Crippen molar-refractivity contribution in [1.82, 2.24) is 9.97 Å². The van der Waals surface area contributed by atoms with Crippen LogP contribution in [0.1, 0.15) is 0 Å². The van der Waals surface area contributed by atoms with Gasteiger partial charge in [0.1, 0.15) is 6.26 Å². The Hall–Kier alpha value is -1.39. The Morgan fingerprint density at radius 1 is 1.31 bits per heavy atom. The second-order valence-electron chi connectivity index (χ2n) is 3.41. The molecule has 3 nitrogen and oxygen atoms in total. The molecule has 0 aliphatic heterocycles. The smallest absolute Gasteiger partial charge is 0.227 e. The summed E-state index contributed by atoms with van der Waals surface area (Å²) in [5, 5.41) is 2.43. The Morgan fingerprint density at radius 2 is 2.19 bits per heavy atom. The summed E-state index contributed by atoms with van der Waals surface area (Å²) in [6, 6.07) is 5.69. The van der Waals surface area contributed by atoms with Gasteiger partial charge in [0.2, 0.25) is 5.89 Å². The van der Waals surface area contributed by atoms with Crippen LogP contribution in [0.5, 0.6) is 0 Å². The lowest BCUT2D eigenvalue weighted by atomic mass is 10.1. The zero-order valence-electron chi connectivity index (χ0n) is 8.07. The minimum Gasteiger partial charge on any atom is -0.444 e. The molecule has 3 rings (SSSR count). The van der Waals surface area contributed by atoms with E-state index < -0.39 is 0 Å². The maximum atomic E-state index is 6.17. The summed E-state index contributed by atoms with van der Waals surface area (Å²) in [5.41, 5.74) is 1.73. The van der Waals surface area contributed by atoms with Gasteiger partial charge in [-0.3, -0.25) is 0 Å². The van der Waals surface area contributed by atoms with Crippen molar-refractivity contribution in [3.05, 3.63) is 35.7 Å². The molecule has 0 spiro atoms. The lowest BCUT2D eigenvalue weighted by molar-refractivity contribution is 0.574. The van der Waals surface area contributed by atoms with E-state index in [2.05, 4.69) is 22.6 Å². The molecular weight excluding hydrogens is 244 g/mol. The average Bonchev–Trinajstić information content (AvgIpc) is 2.83. The largest absolute Gasteiger partial charge is 0.444 e. The minimum absolute atomic E-state index is 0.516. The van der Waals surface area contributed by atoms with Crippen molar-refractivity contribution >= 4 is 35.1 Å². The standard InChI is InChI=1S/C11H7ClN2OS/c12-8-3-6-4-10(16)14-9(6)5-7(8)11-13-1-2-15-11/h1-5,14,16H. The van der Waals surface area contributed by atoms with Crippen LogP contribution in [0.3, 0.4) is 0 Å². The molecule has 80 valence electrons. The van der Waals surface area contributed by atoms with Gasteiger partial charge in [-0.25, -0.2) is 4.98 Å². The molecule has 0 radical (unpaired) electrons. The maximum Gasteiger partial charge on any atom is 0.227 e. The normalized spacial score (nSPS) is 11.1. The first-order valence-corrected chi connectivity index (χ1v) is 5.47. The number of rotatable bonds is 1. The Morgan fingerprint density at radius 3 is 2.94 bits per heavy atom. The van der Waals surface area contributed by atoms with Gasteiger partial charge in [-0.2, -0.15) is 0 Å². The molecule has 0 saturated heterocycles. The fraction of sp³-hybridized carbons (Fsp3) is 0. The van der Waals surface area contributed by atoms with E-state index in [9.17, 15) is 0 Å². The van der Waals surface area contributed by atoms with E-state index >= 15 is 0 Å². The summed E-state index contributed by atoms with van der Waals surface area (Å²) in [6.45, 7) is 0. The molecule has 16 heavy (non-hydrogen) atoms. The van der Waals surface area contributed by atoms with Crippen LogP contribution in [0.4, 0.5) is 0 Å². The number of thiol groups is 1. The molecule has 0 fully saturated rings. The van der Waals surface area contributed by atoms with E-state index in [1.165, 1.54) is 6.26 Å². The molecule has 0 amide bonds. The monoisotopic (exact) mass is 250 g/mol. The van der Waals surface area contributed by atoms with Gasteiger partial charge in [-0.15, -0.1) is 12.6 Å². The summed E-state index contributed by atoms with van der Waals surface area (Å²) in [7, 11) is 0. The highest BCUT2D eigenvalue weighted by Gasteiger charge is 2.10. The number of nitrogens with one attached hydrogen (secondary N) is 1. The number of aromatic nitrogens is 2. The Bertz CT molecular complexity index is 645. The molecule has 1 aromatic carbocycles. The lowest BCUT2D eigenvalue weighted by Gasteiger charge is -1.99. The lowest BCUT2D eigenvalue weighted by Crippen LogP contribution is -1.80. The number of hydrogen-bond acceptors (Lipinski definition) is 3. The molecule has 0 saturated carbocycles. The SMILES string of the molecule is Sc1cc2cc(Cl)c(-c3ncco3)cc2[nH]1. The van der Waals surface area contributed by atoms with Gasteiger partial charge < -0.3 is 9.40 Å². The second-order valence-corrected chi connectivity index (χ2v) is 4.30. The van der Waals surface area contributed by atoms with Crippen LogP contribution in [-0.4, -0.2) is 9.97 Å². The quantitative estimate of drug-likeness (QED) is 0.646. The highest BCUT2D eigenvalue weighted by atomic mass is 35.5. The van der Waals surface area contributed by atoms with Crippen LogP contribution >= 0.6 is 24.2 Å². The second kappa shape index (κ2) is 3.57. The van der Waals surface area contributed by atoms with Gasteiger partial charge >= 0.3 is 0 Å². The van der Waals surface area contributed by atoms with E-state index in [-0.39, 0.29) is 0 Å². The zero-order chi connectivity index (χ0) is 11.1. The summed E-state index contributed by atoms with van der Waals surface area (Å²) in [5.74, 6) is 0.516. The topological polar surface area (TPSA) is 41.8 Å². The minimum atomic E-state index is 0.516. The van der Waals surface area contributed by atoms with Crippen molar-refractivity contribution in [3.8, 4) is 11.5 Å². The summed E-state index contributed by atoms with van der Waals surface area (Å²) < 4.78 is 5.23. The number of H-pyrrole nitrogens is 1. The molecule has 0 aliphatic rings. The van der Waals surface area contributed by atoms with Crippen LogP contribution in [0.15, 0.2) is 40.1 Å². The van der Waals surface area contributed by atoms with Gasteiger partial charge in [0.05, 0.1) is 21.8 Å². The van der Waals surface area contributed by atoms with Crippen molar-refractivity contribution in [1.29, 1.82) is 0 Å². The van der Waals surface area contributed by atoms with Gasteiger partial charge in [0, 0.05) is 10.9 Å². The van der Waals surface area contributed by atoms with Crippen LogP contribution < -0.4 is 0 Å². The predicted octanol–water partition coefficient (Wildman–Crippen LogP) is 3.77. The number of hydrogen-bond donors (Lipinski definition) is 2. The summed E-state index contributed by atoms with van der Waals surface area (Å²) in [6.07, 6.45) is 3.11. The molecule has 2 heterocycles. The number of nitrogens with zero attached hydrogens (tertiary/aromatic N) is 1. The Labute approximate surface area is 102 Å². The number of halogens is 1. The van der Waals surface area contributed by atoms with Crippen LogP contribution in [-0.2, 0) is 0 Å². The Kier molecular flexibility index (Phi) is 2.19. The first kappa shape index (κ1) is 9.81. The fourth-order valence-corrected chi connectivity index (χ4v) is 2.17. The number of aromatic amines is 1. The molecule has 2 aromatic heterocycles. The van der Waals surface area contributed by atoms with Gasteiger partial charge in [-0.1, -0.05) is 11.6 Å². The summed E-state index contributed by atoms with van der Waals surface area (Å²) >= 11 is 10.4. The molecule has 0 atom stereocenters. The fourth-order valence-electron chi connectivity index (χ4n) is 1.66. The van der Waals surface area contributed by atoms with E-state index in [0.29, 0.717) is 10.9 Å². The molecule has 1 N–H and O–H groups in total.